The zero-order chi connectivity index (χ0) is 15.7. The van der Waals surface area contributed by atoms with Gasteiger partial charge in [0.15, 0.2) is 5.82 Å². The molecule has 1 heterocycles. The summed E-state index contributed by atoms with van der Waals surface area (Å²) in [6, 6.07) is 11.6. The van der Waals surface area contributed by atoms with Crippen molar-refractivity contribution in [3.8, 4) is 11.3 Å². The van der Waals surface area contributed by atoms with Crippen LogP contribution in [0, 0.1) is 11.6 Å². The van der Waals surface area contributed by atoms with Crippen molar-refractivity contribution in [3.05, 3.63) is 71.9 Å². The van der Waals surface area contributed by atoms with E-state index in [-0.39, 0.29) is 11.5 Å². The molecule has 0 amide bonds. The molecular formula is C18H13F2NO. The van der Waals surface area contributed by atoms with Gasteiger partial charge in [0.1, 0.15) is 17.3 Å². The number of aliphatic hydroxyl groups is 1. The third-order valence-corrected chi connectivity index (χ3v) is 3.51. The van der Waals surface area contributed by atoms with Gasteiger partial charge in [-0.25, -0.2) is 8.78 Å². The average molecular weight is 297 g/mol. The van der Waals surface area contributed by atoms with E-state index in [1.54, 1.807) is 37.3 Å². The molecule has 4 heteroatoms. The lowest BCUT2D eigenvalue weighted by Crippen LogP contribution is -1.93. The molecule has 22 heavy (non-hydrogen) atoms. The molecule has 0 aliphatic carbocycles. The monoisotopic (exact) mass is 297 g/mol. The number of pyridine rings is 1. The van der Waals surface area contributed by atoms with Gasteiger partial charge in [-0.1, -0.05) is 30.3 Å². The summed E-state index contributed by atoms with van der Waals surface area (Å²) in [5, 5.41) is 11.5. The third-order valence-electron chi connectivity index (χ3n) is 3.51. The summed E-state index contributed by atoms with van der Waals surface area (Å²) in [6.45, 7) is 1.73. The predicted molar refractivity (Wildman–Crippen MR) is 83.4 cm³/mol. The Morgan fingerprint density at radius 2 is 1.95 bits per heavy atom. The first-order chi connectivity index (χ1) is 10.6. The molecule has 0 saturated heterocycles. The van der Waals surface area contributed by atoms with Crippen molar-refractivity contribution in [1.82, 2.24) is 4.98 Å². The zero-order valence-corrected chi connectivity index (χ0v) is 11.8. The smallest absolute Gasteiger partial charge is 0.152 e. The molecule has 0 bridgehead atoms. The molecular weight excluding hydrogens is 284 g/mol. The number of nitrogens with zero attached hydrogens (tertiary/aromatic N) is 1. The van der Waals surface area contributed by atoms with E-state index in [0.29, 0.717) is 11.1 Å². The summed E-state index contributed by atoms with van der Waals surface area (Å²) in [7, 11) is 0. The van der Waals surface area contributed by atoms with Crippen molar-refractivity contribution < 1.29 is 13.9 Å². The third kappa shape index (κ3) is 2.44. The molecule has 0 saturated carbocycles. The van der Waals surface area contributed by atoms with E-state index in [0.717, 1.165) is 23.0 Å². The molecule has 0 atom stereocenters. The Labute approximate surface area is 126 Å². The normalized spacial score (nSPS) is 11.9. The van der Waals surface area contributed by atoms with Gasteiger partial charge in [0.05, 0.1) is 6.20 Å². The summed E-state index contributed by atoms with van der Waals surface area (Å²) < 4.78 is 27.1. The fourth-order valence-electron chi connectivity index (χ4n) is 2.42. The summed E-state index contributed by atoms with van der Waals surface area (Å²) >= 11 is 0. The van der Waals surface area contributed by atoms with Gasteiger partial charge >= 0.3 is 0 Å². The van der Waals surface area contributed by atoms with Crippen LogP contribution >= 0.6 is 0 Å². The minimum atomic E-state index is -0.715. The molecule has 2 aromatic carbocycles. The fourth-order valence-corrected chi connectivity index (χ4v) is 2.42. The summed E-state index contributed by atoms with van der Waals surface area (Å²) in [4.78, 5) is 3.87. The standard InChI is InChI=1S/C18H13F2NO/c1-2-17(22)12-7-6-11-4-3-5-14(15(11)8-12)18-16(20)9-13(19)10-21-18/h2-10,22H,1H3. The van der Waals surface area contributed by atoms with E-state index < -0.39 is 11.6 Å². The number of fused-ring (bicyclic) bond motifs is 1. The first kappa shape index (κ1) is 14.2. The lowest BCUT2D eigenvalue weighted by atomic mass is 9.98. The zero-order valence-electron chi connectivity index (χ0n) is 11.8. The van der Waals surface area contributed by atoms with Crippen molar-refractivity contribution in [2.24, 2.45) is 0 Å². The highest BCUT2D eigenvalue weighted by molar-refractivity contribution is 5.97. The second kappa shape index (κ2) is 5.56. The van der Waals surface area contributed by atoms with E-state index in [9.17, 15) is 13.9 Å². The number of allylic oxidation sites excluding steroid dienone is 1. The van der Waals surface area contributed by atoms with E-state index in [2.05, 4.69) is 4.98 Å². The molecule has 3 rings (SSSR count). The van der Waals surface area contributed by atoms with Crippen molar-refractivity contribution in [2.45, 2.75) is 6.92 Å². The van der Waals surface area contributed by atoms with Crippen LogP contribution < -0.4 is 0 Å². The van der Waals surface area contributed by atoms with Crippen molar-refractivity contribution in [3.63, 3.8) is 0 Å². The fraction of sp³-hybridized carbons (Fsp3) is 0.0556. The van der Waals surface area contributed by atoms with Gasteiger partial charge in [-0.05, 0) is 29.8 Å². The maximum atomic E-state index is 14.0. The Morgan fingerprint density at radius 3 is 2.68 bits per heavy atom. The maximum absolute atomic E-state index is 14.0. The second-order valence-corrected chi connectivity index (χ2v) is 4.90. The molecule has 1 N–H and O–H groups in total. The first-order valence-electron chi connectivity index (χ1n) is 6.80. The van der Waals surface area contributed by atoms with Gasteiger partial charge in [-0.3, -0.25) is 4.98 Å². The number of aromatic nitrogens is 1. The van der Waals surface area contributed by atoms with Gasteiger partial charge in [0.2, 0.25) is 0 Å². The van der Waals surface area contributed by atoms with E-state index >= 15 is 0 Å². The summed E-state index contributed by atoms with van der Waals surface area (Å²) in [5.74, 6) is -1.29. The predicted octanol–water partition coefficient (Wildman–Crippen LogP) is 5.10. The highest BCUT2D eigenvalue weighted by atomic mass is 19.1. The largest absolute Gasteiger partial charge is 0.508 e. The van der Waals surface area contributed by atoms with Crippen LogP contribution in [0.25, 0.3) is 27.8 Å². The van der Waals surface area contributed by atoms with E-state index in [1.165, 1.54) is 0 Å². The molecule has 110 valence electrons. The summed E-state index contributed by atoms with van der Waals surface area (Å²) in [6.07, 6.45) is 2.57. The van der Waals surface area contributed by atoms with Crippen LogP contribution in [0.2, 0.25) is 0 Å². The topological polar surface area (TPSA) is 33.1 Å². The molecule has 0 fully saturated rings. The van der Waals surface area contributed by atoms with Gasteiger partial charge in [-0.15, -0.1) is 0 Å². The Bertz CT molecular complexity index is 887. The van der Waals surface area contributed by atoms with Gasteiger partial charge in [-0.2, -0.15) is 0 Å². The molecule has 3 aromatic rings. The van der Waals surface area contributed by atoms with Crippen LogP contribution in [0.3, 0.4) is 0 Å². The number of hydrogen-bond donors (Lipinski definition) is 1. The van der Waals surface area contributed by atoms with Crippen molar-refractivity contribution >= 4 is 16.5 Å². The molecule has 0 spiro atoms. The van der Waals surface area contributed by atoms with Crippen molar-refractivity contribution in [1.29, 1.82) is 0 Å². The number of benzene rings is 2. The molecule has 0 aliphatic heterocycles. The summed E-state index contributed by atoms with van der Waals surface area (Å²) in [5.41, 5.74) is 1.27. The van der Waals surface area contributed by atoms with Gasteiger partial charge < -0.3 is 5.11 Å². The first-order valence-corrected chi connectivity index (χ1v) is 6.80. The Hall–Kier alpha value is -2.75. The molecule has 1 aromatic heterocycles. The van der Waals surface area contributed by atoms with Crippen molar-refractivity contribution in [2.75, 3.05) is 0 Å². The number of rotatable bonds is 2. The van der Waals surface area contributed by atoms with Crippen LogP contribution in [0.4, 0.5) is 8.78 Å². The van der Waals surface area contributed by atoms with Gasteiger partial charge in [0.25, 0.3) is 0 Å². The molecule has 0 unspecified atom stereocenters. The quantitative estimate of drug-likeness (QED) is 0.668. The Morgan fingerprint density at radius 1 is 1.14 bits per heavy atom. The van der Waals surface area contributed by atoms with Crippen LogP contribution in [0.1, 0.15) is 12.5 Å². The highest BCUT2D eigenvalue weighted by Gasteiger charge is 2.12. The average Bonchev–Trinajstić information content (AvgIpc) is 2.53. The van der Waals surface area contributed by atoms with E-state index in [1.807, 2.05) is 12.1 Å². The van der Waals surface area contributed by atoms with Crippen LogP contribution in [-0.4, -0.2) is 10.1 Å². The number of halogens is 2. The van der Waals surface area contributed by atoms with Gasteiger partial charge in [0, 0.05) is 17.2 Å². The Balaban J connectivity index is 2.29. The SMILES string of the molecule is CC=C(O)c1ccc2cccc(-c3ncc(F)cc3F)c2c1. The van der Waals surface area contributed by atoms with Crippen LogP contribution in [0.5, 0.6) is 0 Å². The lowest BCUT2D eigenvalue weighted by Gasteiger charge is -2.09. The molecule has 2 nitrogen and oxygen atoms in total. The van der Waals surface area contributed by atoms with E-state index in [4.69, 9.17) is 0 Å². The second-order valence-electron chi connectivity index (χ2n) is 4.90. The number of hydrogen-bond acceptors (Lipinski definition) is 2. The van der Waals surface area contributed by atoms with Crippen LogP contribution in [0.15, 0.2) is 54.7 Å². The van der Waals surface area contributed by atoms with Crippen LogP contribution in [-0.2, 0) is 0 Å². The lowest BCUT2D eigenvalue weighted by molar-refractivity contribution is 0.511. The molecule has 0 radical (unpaired) electrons. The minimum absolute atomic E-state index is 0.0871. The number of aliphatic hydroxyl groups excluding tert-OH is 1. The highest BCUT2D eigenvalue weighted by Crippen LogP contribution is 2.31. The minimum Gasteiger partial charge on any atom is -0.508 e. The molecule has 0 aliphatic rings. The Kier molecular flexibility index (Phi) is 3.59. The maximum Gasteiger partial charge on any atom is 0.152 e.